The molecule has 0 amide bonds. The van der Waals surface area contributed by atoms with Gasteiger partial charge in [0.15, 0.2) is 0 Å². The zero-order chi connectivity index (χ0) is 13.0. The number of anilines is 1. The number of carbonyl (C=O) groups excluding carboxylic acids is 1. The Morgan fingerprint density at radius 1 is 1.28 bits per heavy atom. The molecule has 2 rings (SSSR count). The van der Waals surface area contributed by atoms with Crippen LogP contribution < -0.4 is 5.73 Å². The van der Waals surface area contributed by atoms with Gasteiger partial charge in [-0.2, -0.15) is 0 Å². The molecule has 0 radical (unpaired) electrons. The van der Waals surface area contributed by atoms with Crippen molar-refractivity contribution >= 4 is 23.4 Å². The van der Waals surface area contributed by atoms with Crippen LogP contribution >= 0.6 is 11.6 Å². The molecule has 18 heavy (non-hydrogen) atoms. The fourth-order valence-electron chi connectivity index (χ4n) is 1.39. The molecule has 0 atom stereocenters. The molecule has 2 aromatic rings. The highest BCUT2D eigenvalue weighted by molar-refractivity contribution is 6.30. The van der Waals surface area contributed by atoms with E-state index in [-0.39, 0.29) is 12.4 Å². The zero-order valence-electron chi connectivity index (χ0n) is 9.47. The van der Waals surface area contributed by atoms with E-state index in [1.807, 2.05) is 0 Å². The van der Waals surface area contributed by atoms with E-state index in [4.69, 9.17) is 22.1 Å². The highest BCUT2D eigenvalue weighted by Crippen LogP contribution is 2.11. The Hall–Kier alpha value is -2.07. The molecule has 1 heterocycles. The second-order valence-corrected chi connectivity index (χ2v) is 4.11. The molecular formula is C13H11ClN2O2. The van der Waals surface area contributed by atoms with Crippen LogP contribution in [0.3, 0.4) is 0 Å². The van der Waals surface area contributed by atoms with Crippen molar-refractivity contribution in [3.63, 3.8) is 0 Å². The SMILES string of the molecule is Nc1cc(C(=O)OCc2ccc(Cl)cc2)ccn1. The topological polar surface area (TPSA) is 65.2 Å². The van der Waals surface area contributed by atoms with Crippen LogP contribution in [0, 0.1) is 0 Å². The van der Waals surface area contributed by atoms with E-state index < -0.39 is 5.97 Å². The second-order valence-electron chi connectivity index (χ2n) is 3.67. The minimum atomic E-state index is -0.431. The summed E-state index contributed by atoms with van der Waals surface area (Å²) in [5, 5.41) is 0.645. The largest absolute Gasteiger partial charge is 0.457 e. The van der Waals surface area contributed by atoms with Gasteiger partial charge in [0, 0.05) is 11.2 Å². The van der Waals surface area contributed by atoms with Crippen LogP contribution in [0.15, 0.2) is 42.6 Å². The number of ether oxygens (including phenoxy) is 1. The van der Waals surface area contributed by atoms with E-state index in [2.05, 4.69) is 4.98 Å². The van der Waals surface area contributed by atoms with Crippen LogP contribution in [0.25, 0.3) is 0 Å². The van der Waals surface area contributed by atoms with Crippen molar-refractivity contribution in [1.82, 2.24) is 4.98 Å². The van der Waals surface area contributed by atoms with E-state index in [1.54, 1.807) is 30.3 Å². The van der Waals surface area contributed by atoms with Gasteiger partial charge in [0.1, 0.15) is 12.4 Å². The molecule has 0 spiro atoms. The molecular weight excluding hydrogens is 252 g/mol. The van der Waals surface area contributed by atoms with E-state index in [0.29, 0.717) is 10.6 Å². The number of halogens is 1. The first-order chi connectivity index (χ1) is 8.65. The van der Waals surface area contributed by atoms with Crippen molar-refractivity contribution in [3.8, 4) is 0 Å². The van der Waals surface area contributed by atoms with E-state index >= 15 is 0 Å². The highest BCUT2D eigenvalue weighted by Gasteiger charge is 2.07. The molecule has 1 aromatic carbocycles. The molecule has 4 nitrogen and oxygen atoms in total. The fraction of sp³-hybridized carbons (Fsp3) is 0.0769. The molecule has 5 heteroatoms. The van der Waals surface area contributed by atoms with Gasteiger partial charge in [-0.25, -0.2) is 9.78 Å². The van der Waals surface area contributed by atoms with Gasteiger partial charge in [-0.05, 0) is 29.8 Å². The van der Waals surface area contributed by atoms with Crippen LogP contribution in [-0.2, 0) is 11.3 Å². The Labute approximate surface area is 109 Å². The van der Waals surface area contributed by atoms with Crippen LogP contribution in [0.2, 0.25) is 5.02 Å². The minimum Gasteiger partial charge on any atom is -0.457 e. The van der Waals surface area contributed by atoms with Gasteiger partial charge in [0.2, 0.25) is 0 Å². The van der Waals surface area contributed by atoms with Crippen molar-refractivity contribution < 1.29 is 9.53 Å². The summed E-state index contributed by atoms with van der Waals surface area (Å²) in [6.45, 7) is 0.193. The Balaban J connectivity index is 1.98. The average Bonchev–Trinajstić information content (AvgIpc) is 2.38. The van der Waals surface area contributed by atoms with Gasteiger partial charge in [-0.3, -0.25) is 0 Å². The van der Waals surface area contributed by atoms with Crippen molar-refractivity contribution in [1.29, 1.82) is 0 Å². The van der Waals surface area contributed by atoms with Crippen molar-refractivity contribution in [2.45, 2.75) is 6.61 Å². The van der Waals surface area contributed by atoms with Crippen molar-refractivity contribution in [3.05, 3.63) is 58.7 Å². The lowest BCUT2D eigenvalue weighted by atomic mass is 10.2. The molecule has 0 saturated heterocycles. The van der Waals surface area contributed by atoms with Gasteiger partial charge in [0.25, 0.3) is 0 Å². The molecule has 0 saturated carbocycles. The lowest BCUT2D eigenvalue weighted by Gasteiger charge is -2.05. The number of hydrogen-bond donors (Lipinski definition) is 1. The van der Waals surface area contributed by atoms with Gasteiger partial charge in [-0.15, -0.1) is 0 Å². The van der Waals surface area contributed by atoms with E-state index in [9.17, 15) is 4.79 Å². The summed E-state index contributed by atoms with van der Waals surface area (Å²) in [5.41, 5.74) is 6.74. The molecule has 0 aliphatic rings. The maximum absolute atomic E-state index is 11.7. The first-order valence-corrected chi connectivity index (χ1v) is 5.66. The number of nitrogens with zero attached hydrogens (tertiary/aromatic N) is 1. The first-order valence-electron chi connectivity index (χ1n) is 5.28. The normalized spacial score (nSPS) is 10.1. The average molecular weight is 263 g/mol. The Morgan fingerprint density at radius 3 is 2.67 bits per heavy atom. The molecule has 0 unspecified atom stereocenters. The lowest BCUT2D eigenvalue weighted by molar-refractivity contribution is 0.0472. The van der Waals surface area contributed by atoms with Crippen LogP contribution in [0.5, 0.6) is 0 Å². The molecule has 1 aromatic heterocycles. The number of hydrogen-bond acceptors (Lipinski definition) is 4. The summed E-state index contributed by atoms with van der Waals surface area (Å²) >= 11 is 5.76. The smallest absolute Gasteiger partial charge is 0.338 e. The Morgan fingerprint density at radius 2 is 2.00 bits per heavy atom. The monoisotopic (exact) mass is 262 g/mol. The highest BCUT2D eigenvalue weighted by atomic mass is 35.5. The third-order valence-electron chi connectivity index (χ3n) is 2.30. The number of rotatable bonds is 3. The van der Waals surface area contributed by atoms with Crippen LogP contribution in [0.4, 0.5) is 5.82 Å². The molecule has 2 N–H and O–H groups in total. The predicted octanol–water partition coefficient (Wildman–Crippen LogP) is 2.67. The Kier molecular flexibility index (Phi) is 3.79. The fourth-order valence-corrected chi connectivity index (χ4v) is 1.51. The van der Waals surface area contributed by atoms with Gasteiger partial charge < -0.3 is 10.5 Å². The molecule has 0 bridgehead atoms. The van der Waals surface area contributed by atoms with E-state index in [0.717, 1.165) is 5.56 Å². The van der Waals surface area contributed by atoms with Crippen LogP contribution in [0.1, 0.15) is 15.9 Å². The predicted molar refractivity (Wildman–Crippen MR) is 69.2 cm³/mol. The number of esters is 1. The number of benzene rings is 1. The summed E-state index contributed by atoms with van der Waals surface area (Å²) in [4.78, 5) is 15.5. The summed E-state index contributed by atoms with van der Waals surface area (Å²) in [7, 11) is 0. The maximum Gasteiger partial charge on any atom is 0.338 e. The van der Waals surface area contributed by atoms with Gasteiger partial charge in [-0.1, -0.05) is 23.7 Å². The molecule has 0 fully saturated rings. The Bertz CT molecular complexity index is 555. The summed E-state index contributed by atoms with van der Waals surface area (Å²) in [6, 6.07) is 10.1. The minimum absolute atomic E-state index is 0.193. The number of nitrogen functional groups attached to an aromatic ring is 1. The molecule has 0 aliphatic carbocycles. The summed E-state index contributed by atoms with van der Waals surface area (Å²) in [6.07, 6.45) is 1.47. The number of nitrogens with two attached hydrogens (primary N) is 1. The standard InChI is InChI=1S/C13H11ClN2O2/c14-11-3-1-9(2-4-11)8-18-13(17)10-5-6-16-12(15)7-10/h1-7H,8H2,(H2,15,16). The maximum atomic E-state index is 11.7. The number of pyridine rings is 1. The zero-order valence-corrected chi connectivity index (χ0v) is 10.2. The van der Waals surface area contributed by atoms with E-state index in [1.165, 1.54) is 12.3 Å². The second kappa shape index (κ2) is 5.51. The number of aromatic nitrogens is 1. The summed E-state index contributed by atoms with van der Waals surface area (Å²) < 4.78 is 5.14. The van der Waals surface area contributed by atoms with Gasteiger partial charge in [0.05, 0.1) is 5.56 Å². The van der Waals surface area contributed by atoms with Crippen molar-refractivity contribution in [2.75, 3.05) is 5.73 Å². The van der Waals surface area contributed by atoms with Crippen molar-refractivity contribution in [2.24, 2.45) is 0 Å². The first kappa shape index (κ1) is 12.4. The van der Waals surface area contributed by atoms with Gasteiger partial charge >= 0.3 is 5.97 Å². The third-order valence-corrected chi connectivity index (χ3v) is 2.55. The molecule has 0 aliphatic heterocycles. The lowest BCUT2D eigenvalue weighted by Crippen LogP contribution is -2.06. The van der Waals surface area contributed by atoms with Crippen LogP contribution in [-0.4, -0.2) is 11.0 Å². The quantitative estimate of drug-likeness (QED) is 0.864. The number of carbonyl (C=O) groups is 1. The third kappa shape index (κ3) is 3.21. The molecule has 92 valence electrons. The summed E-state index contributed by atoms with van der Waals surface area (Å²) in [5.74, 6) is -0.144.